The summed E-state index contributed by atoms with van der Waals surface area (Å²) in [5.41, 5.74) is 1.65. The molecule has 0 unspecified atom stereocenters. The van der Waals surface area contributed by atoms with Crippen molar-refractivity contribution in [2.75, 3.05) is 33.4 Å². The molecule has 5 nitrogen and oxygen atoms in total. The molecule has 0 spiro atoms. The highest BCUT2D eigenvalue weighted by atomic mass is 35.5. The normalized spacial score (nSPS) is 13.0. The second-order valence-electron chi connectivity index (χ2n) is 6.22. The zero-order valence-corrected chi connectivity index (χ0v) is 15.7. The Morgan fingerprint density at radius 1 is 1.19 bits per heavy atom. The van der Waals surface area contributed by atoms with Crippen molar-refractivity contribution in [3.8, 4) is 17.2 Å². The van der Waals surface area contributed by atoms with Crippen LogP contribution < -0.4 is 14.2 Å². The minimum atomic E-state index is -0.143. The van der Waals surface area contributed by atoms with Crippen LogP contribution in [-0.2, 0) is 0 Å². The molecule has 0 fully saturated rings. The van der Waals surface area contributed by atoms with Crippen LogP contribution in [0, 0.1) is 6.92 Å². The van der Waals surface area contributed by atoms with Crippen molar-refractivity contribution in [3.63, 3.8) is 0 Å². The van der Waals surface area contributed by atoms with Crippen molar-refractivity contribution in [2.45, 2.75) is 13.3 Å². The summed E-state index contributed by atoms with van der Waals surface area (Å²) < 4.78 is 16.9. The average Bonchev–Trinajstić information content (AvgIpc) is 2.88. The average molecular weight is 376 g/mol. The summed E-state index contributed by atoms with van der Waals surface area (Å²) in [5.74, 6) is 1.67. The molecule has 26 heavy (non-hydrogen) atoms. The van der Waals surface area contributed by atoms with Crippen molar-refractivity contribution in [2.24, 2.45) is 0 Å². The Morgan fingerprint density at radius 3 is 2.69 bits per heavy atom. The molecule has 1 aliphatic rings. The van der Waals surface area contributed by atoms with Gasteiger partial charge in [0.25, 0.3) is 5.91 Å². The maximum atomic E-state index is 12.7. The van der Waals surface area contributed by atoms with Crippen LogP contribution >= 0.6 is 11.6 Å². The Hall–Kier alpha value is -2.40. The summed E-state index contributed by atoms with van der Waals surface area (Å²) in [6.07, 6.45) is 0.782. The quantitative estimate of drug-likeness (QED) is 0.793. The van der Waals surface area contributed by atoms with Gasteiger partial charge in [0.15, 0.2) is 11.5 Å². The largest absolute Gasteiger partial charge is 0.492 e. The molecule has 138 valence electrons. The molecule has 1 amide bonds. The lowest BCUT2D eigenvalue weighted by molar-refractivity contribution is 0.0773. The third kappa shape index (κ3) is 4.41. The maximum Gasteiger partial charge on any atom is 0.253 e. The van der Waals surface area contributed by atoms with Crippen molar-refractivity contribution in [1.29, 1.82) is 0 Å². The van der Waals surface area contributed by atoms with Gasteiger partial charge in [0.05, 0.1) is 24.8 Å². The molecule has 0 aliphatic carbocycles. The molecule has 0 radical (unpaired) electrons. The SMILES string of the molecule is Cc1ccc(OCCN(C)C(=O)c2cc(Cl)c3c(c2)OCCCO3)cc1. The molecule has 1 heterocycles. The fourth-order valence-corrected chi connectivity index (χ4v) is 2.88. The van der Waals surface area contributed by atoms with E-state index in [-0.39, 0.29) is 5.91 Å². The number of hydrogen-bond donors (Lipinski definition) is 0. The van der Waals surface area contributed by atoms with E-state index >= 15 is 0 Å². The molecule has 0 N–H and O–H groups in total. The summed E-state index contributed by atoms with van der Waals surface area (Å²) in [6, 6.07) is 11.1. The van der Waals surface area contributed by atoms with Gasteiger partial charge in [0.2, 0.25) is 0 Å². The number of halogens is 1. The van der Waals surface area contributed by atoms with Crippen molar-refractivity contribution < 1.29 is 19.0 Å². The van der Waals surface area contributed by atoms with E-state index in [9.17, 15) is 4.79 Å². The lowest BCUT2D eigenvalue weighted by Crippen LogP contribution is -2.30. The fraction of sp³-hybridized carbons (Fsp3) is 0.350. The summed E-state index contributed by atoms with van der Waals surface area (Å²) >= 11 is 6.27. The van der Waals surface area contributed by atoms with Gasteiger partial charge in [0, 0.05) is 19.0 Å². The number of amides is 1. The van der Waals surface area contributed by atoms with Crippen molar-refractivity contribution >= 4 is 17.5 Å². The van der Waals surface area contributed by atoms with E-state index in [1.807, 2.05) is 31.2 Å². The van der Waals surface area contributed by atoms with Gasteiger partial charge in [-0.2, -0.15) is 0 Å². The molecular formula is C20H22ClNO4. The number of hydrogen-bond acceptors (Lipinski definition) is 4. The molecule has 2 aromatic rings. The number of nitrogens with zero attached hydrogens (tertiary/aromatic N) is 1. The number of carbonyl (C=O) groups excluding carboxylic acids is 1. The first-order valence-corrected chi connectivity index (χ1v) is 8.96. The molecule has 6 heteroatoms. The number of benzene rings is 2. The van der Waals surface area contributed by atoms with Gasteiger partial charge in [-0.25, -0.2) is 0 Å². The summed E-state index contributed by atoms with van der Waals surface area (Å²) in [5, 5.41) is 0.386. The Bertz CT molecular complexity index is 776. The third-order valence-corrected chi connectivity index (χ3v) is 4.39. The van der Waals surface area contributed by atoms with Crippen molar-refractivity contribution in [3.05, 3.63) is 52.5 Å². The predicted molar refractivity (Wildman–Crippen MR) is 101 cm³/mol. The summed E-state index contributed by atoms with van der Waals surface area (Å²) in [7, 11) is 1.73. The van der Waals surface area contributed by atoms with Gasteiger partial charge >= 0.3 is 0 Å². The van der Waals surface area contributed by atoms with Gasteiger partial charge in [-0.05, 0) is 31.2 Å². The van der Waals surface area contributed by atoms with Crippen LogP contribution in [0.2, 0.25) is 5.02 Å². The number of ether oxygens (including phenoxy) is 3. The molecule has 3 rings (SSSR count). The highest BCUT2D eigenvalue weighted by molar-refractivity contribution is 6.32. The van der Waals surface area contributed by atoms with E-state index in [1.54, 1.807) is 24.1 Å². The van der Waals surface area contributed by atoms with Crippen molar-refractivity contribution in [1.82, 2.24) is 4.90 Å². The molecule has 0 saturated heterocycles. The molecule has 2 aromatic carbocycles. The van der Waals surface area contributed by atoms with Gasteiger partial charge in [0.1, 0.15) is 12.4 Å². The molecule has 0 aromatic heterocycles. The smallest absolute Gasteiger partial charge is 0.253 e. The van der Waals surface area contributed by atoms with E-state index in [1.165, 1.54) is 5.56 Å². The minimum Gasteiger partial charge on any atom is -0.492 e. The van der Waals surface area contributed by atoms with Gasteiger partial charge in [-0.15, -0.1) is 0 Å². The first-order valence-electron chi connectivity index (χ1n) is 8.58. The second-order valence-corrected chi connectivity index (χ2v) is 6.63. The zero-order chi connectivity index (χ0) is 18.5. The zero-order valence-electron chi connectivity index (χ0n) is 15.0. The molecule has 0 saturated carbocycles. The predicted octanol–water partition coefficient (Wildman–Crippen LogP) is 3.96. The molecule has 1 aliphatic heterocycles. The Balaban J connectivity index is 1.62. The van der Waals surface area contributed by atoms with Gasteiger partial charge in [-0.1, -0.05) is 29.3 Å². The van der Waals surface area contributed by atoms with E-state index < -0.39 is 0 Å². The number of fused-ring (bicyclic) bond motifs is 1. The third-order valence-electron chi connectivity index (χ3n) is 4.11. The lowest BCUT2D eigenvalue weighted by atomic mass is 10.1. The van der Waals surface area contributed by atoms with Crippen LogP contribution in [-0.4, -0.2) is 44.2 Å². The topological polar surface area (TPSA) is 48.0 Å². The first kappa shape index (κ1) is 18.4. The van der Waals surface area contributed by atoms with E-state index in [2.05, 4.69) is 0 Å². The van der Waals surface area contributed by atoms with Gasteiger partial charge < -0.3 is 19.1 Å². The summed E-state index contributed by atoms with van der Waals surface area (Å²) in [6.45, 7) is 3.98. The van der Waals surface area contributed by atoms with Crippen LogP contribution in [0.25, 0.3) is 0 Å². The van der Waals surface area contributed by atoms with Crippen LogP contribution in [0.5, 0.6) is 17.2 Å². The van der Waals surface area contributed by atoms with Gasteiger partial charge in [-0.3, -0.25) is 4.79 Å². The van der Waals surface area contributed by atoms with E-state index in [0.29, 0.717) is 48.5 Å². The Labute approximate surface area is 158 Å². The monoisotopic (exact) mass is 375 g/mol. The van der Waals surface area contributed by atoms with Crippen LogP contribution in [0.1, 0.15) is 22.3 Å². The molecule has 0 bridgehead atoms. The van der Waals surface area contributed by atoms with E-state index in [4.69, 9.17) is 25.8 Å². The van der Waals surface area contributed by atoms with Crippen LogP contribution in [0.15, 0.2) is 36.4 Å². The Kier molecular flexibility index (Phi) is 5.89. The van der Waals surface area contributed by atoms with Crippen LogP contribution in [0.3, 0.4) is 0 Å². The number of carbonyl (C=O) groups is 1. The van der Waals surface area contributed by atoms with E-state index in [0.717, 1.165) is 12.2 Å². The fourth-order valence-electron chi connectivity index (χ4n) is 2.61. The first-order chi connectivity index (χ1) is 12.5. The number of likely N-dealkylation sites (N-methyl/N-ethyl adjacent to an activating group) is 1. The lowest BCUT2D eigenvalue weighted by Gasteiger charge is -2.19. The van der Waals surface area contributed by atoms with Crippen LogP contribution in [0.4, 0.5) is 0 Å². The minimum absolute atomic E-state index is 0.143. The highest BCUT2D eigenvalue weighted by Gasteiger charge is 2.20. The Morgan fingerprint density at radius 2 is 1.92 bits per heavy atom. The number of rotatable bonds is 5. The highest BCUT2D eigenvalue weighted by Crippen LogP contribution is 2.38. The molecular weight excluding hydrogens is 354 g/mol. The maximum absolute atomic E-state index is 12.7. The standard InChI is InChI=1S/C20H22ClNO4/c1-14-4-6-16(7-5-14)24-11-8-22(2)20(23)15-12-17(21)19-18(13-15)25-9-3-10-26-19/h4-7,12-13H,3,8-11H2,1-2H3. The second kappa shape index (κ2) is 8.32. The molecule has 0 atom stereocenters. The number of aryl methyl sites for hydroxylation is 1. The summed E-state index contributed by atoms with van der Waals surface area (Å²) in [4.78, 5) is 14.3.